The molecular weight excluding hydrogens is 192 g/mol. The van der Waals surface area contributed by atoms with Gasteiger partial charge < -0.3 is 10.1 Å². The van der Waals surface area contributed by atoms with Gasteiger partial charge in [0.1, 0.15) is 12.7 Å². The summed E-state index contributed by atoms with van der Waals surface area (Å²) in [6.45, 7) is 7.71. The van der Waals surface area contributed by atoms with Gasteiger partial charge in [-0.2, -0.15) is 5.10 Å². The highest BCUT2D eigenvalue weighted by atomic mass is 16.5. The normalized spacial score (nSPS) is 11.1. The molecule has 1 heterocycles. The average Bonchev–Trinajstić information content (AvgIpc) is 2.68. The lowest BCUT2D eigenvalue weighted by atomic mass is 10.4. The SMILES string of the molecule is CC(C)OCCCNCCn1cncn1. The molecule has 0 aromatic carbocycles. The second kappa shape index (κ2) is 7.36. The summed E-state index contributed by atoms with van der Waals surface area (Å²) in [6.07, 6.45) is 4.66. The number of hydrogen-bond donors (Lipinski definition) is 1. The number of ether oxygens (including phenoxy) is 1. The molecule has 1 aromatic rings. The average molecular weight is 212 g/mol. The van der Waals surface area contributed by atoms with Gasteiger partial charge in [-0.25, -0.2) is 4.98 Å². The molecule has 15 heavy (non-hydrogen) atoms. The van der Waals surface area contributed by atoms with Crippen molar-refractivity contribution in [3.8, 4) is 0 Å². The quantitative estimate of drug-likeness (QED) is 0.644. The first kappa shape index (κ1) is 12.1. The third kappa shape index (κ3) is 6.19. The Morgan fingerprint density at radius 2 is 2.27 bits per heavy atom. The predicted molar refractivity (Wildman–Crippen MR) is 58.6 cm³/mol. The summed E-state index contributed by atoms with van der Waals surface area (Å²) in [5.74, 6) is 0. The minimum Gasteiger partial charge on any atom is -0.379 e. The lowest BCUT2D eigenvalue weighted by molar-refractivity contribution is 0.0771. The van der Waals surface area contributed by atoms with Crippen LogP contribution in [0.2, 0.25) is 0 Å². The molecule has 0 spiro atoms. The van der Waals surface area contributed by atoms with Gasteiger partial charge in [-0.15, -0.1) is 0 Å². The number of nitrogens with zero attached hydrogens (tertiary/aromatic N) is 3. The molecule has 0 amide bonds. The molecular formula is C10H20N4O. The van der Waals surface area contributed by atoms with Crippen molar-refractivity contribution in [2.75, 3.05) is 19.7 Å². The molecule has 0 aliphatic carbocycles. The van der Waals surface area contributed by atoms with Crippen molar-refractivity contribution in [3.63, 3.8) is 0 Å². The molecule has 0 bridgehead atoms. The second-order valence-corrected chi connectivity index (χ2v) is 3.68. The van der Waals surface area contributed by atoms with Crippen LogP contribution in [0.25, 0.3) is 0 Å². The minimum absolute atomic E-state index is 0.333. The Kier molecular flexibility index (Phi) is 5.96. The number of hydrogen-bond acceptors (Lipinski definition) is 4. The lowest BCUT2D eigenvalue weighted by Gasteiger charge is -2.07. The first-order valence-electron chi connectivity index (χ1n) is 5.44. The Hall–Kier alpha value is -0.940. The van der Waals surface area contributed by atoms with Crippen LogP contribution in [0, 0.1) is 0 Å². The van der Waals surface area contributed by atoms with Gasteiger partial charge in [0, 0.05) is 13.2 Å². The van der Waals surface area contributed by atoms with E-state index in [-0.39, 0.29) is 0 Å². The topological polar surface area (TPSA) is 52.0 Å². The Labute approximate surface area is 90.8 Å². The van der Waals surface area contributed by atoms with Crippen LogP contribution < -0.4 is 5.32 Å². The Morgan fingerprint density at radius 1 is 1.40 bits per heavy atom. The fourth-order valence-corrected chi connectivity index (χ4v) is 1.18. The number of nitrogens with one attached hydrogen (secondary N) is 1. The van der Waals surface area contributed by atoms with Gasteiger partial charge in [-0.1, -0.05) is 0 Å². The van der Waals surface area contributed by atoms with E-state index in [2.05, 4.69) is 29.2 Å². The molecule has 0 aliphatic rings. The van der Waals surface area contributed by atoms with Crippen LogP contribution in [0.5, 0.6) is 0 Å². The minimum atomic E-state index is 0.333. The van der Waals surface area contributed by atoms with Crippen LogP contribution >= 0.6 is 0 Å². The van der Waals surface area contributed by atoms with Gasteiger partial charge in [0.15, 0.2) is 0 Å². The summed E-state index contributed by atoms with van der Waals surface area (Å²) in [4.78, 5) is 3.87. The van der Waals surface area contributed by atoms with Crippen molar-refractivity contribution in [1.82, 2.24) is 20.1 Å². The van der Waals surface area contributed by atoms with Crippen LogP contribution in [0.15, 0.2) is 12.7 Å². The molecule has 0 saturated heterocycles. The highest BCUT2D eigenvalue weighted by Gasteiger charge is 1.93. The van der Waals surface area contributed by atoms with Crippen molar-refractivity contribution in [3.05, 3.63) is 12.7 Å². The van der Waals surface area contributed by atoms with Crippen molar-refractivity contribution < 1.29 is 4.74 Å². The van der Waals surface area contributed by atoms with E-state index in [4.69, 9.17) is 4.74 Å². The van der Waals surface area contributed by atoms with Crippen molar-refractivity contribution in [2.45, 2.75) is 32.9 Å². The smallest absolute Gasteiger partial charge is 0.137 e. The Balaban J connectivity index is 1.85. The zero-order valence-electron chi connectivity index (χ0n) is 9.52. The van der Waals surface area contributed by atoms with E-state index in [9.17, 15) is 0 Å². The van der Waals surface area contributed by atoms with Gasteiger partial charge in [0.2, 0.25) is 0 Å². The second-order valence-electron chi connectivity index (χ2n) is 3.68. The predicted octanol–water partition coefficient (Wildman–Crippen LogP) is 0.683. The Morgan fingerprint density at radius 3 is 2.93 bits per heavy atom. The van der Waals surface area contributed by atoms with Gasteiger partial charge in [-0.3, -0.25) is 4.68 Å². The highest BCUT2D eigenvalue weighted by Crippen LogP contribution is 1.89. The van der Waals surface area contributed by atoms with E-state index >= 15 is 0 Å². The maximum absolute atomic E-state index is 5.43. The number of rotatable bonds is 8. The lowest BCUT2D eigenvalue weighted by Crippen LogP contribution is -2.22. The van der Waals surface area contributed by atoms with E-state index in [1.807, 2.05) is 4.68 Å². The zero-order chi connectivity index (χ0) is 10.9. The molecule has 0 radical (unpaired) electrons. The largest absolute Gasteiger partial charge is 0.379 e. The molecule has 1 aromatic heterocycles. The summed E-state index contributed by atoms with van der Waals surface area (Å²) >= 11 is 0. The van der Waals surface area contributed by atoms with Gasteiger partial charge in [-0.05, 0) is 26.8 Å². The fraction of sp³-hybridized carbons (Fsp3) is 0.800. The standard InChI is InChI=1S/C10H20N4O/c1-10(2)15-7-3-4-11-5-6-14-9-12-8-13-14/h8-11H,3-7H2,1-2H3. The molecule has 0 saturated carbocycles. The van der Waals surface area contributed by atoms with Crippen molar-refractivity contribution in [1.29, 1.82) is 0 Å². The van der Waals surface area contributed by atoms with Gasteiger partial charge >= 0.3 is 0 Å². The molecule has 0 aliphatic heterocycles. The third-order valence-corrected chi connectivity index (χ3v) is 1.93. The first-order valence-corrected chi connectivity index (χ1v) is 5.44. The zero-order valence-corrected chi connectivity index (χ0v) is 9.52. The summed E-state index contributed by atoms with van der Waals surface area (Å²) in [7, 11) is 0. The molecule has 1 rings (SSSR count). The highest BCUT2D eigenvalue weighted by molar-refractivity contribution is 4.57. The fourth-order valence-electron chi connectivity index (χ4n) is 1.18. The van der Waals surface area contributed by atoms with Crippen LogP contribution in [0.3, 0.4) is 0 Å². The van der Waals surface area contributed by atoms with E-state index in [0.717, 1.165) is 32.7 Å². The van der Waals surface area contributed by atoms with Crippen molar-refractivity contribution >= 4 is 0 Å². The van der Waals surface area contributed by atoms with Gasteiger partial charge in [0.05, 0.1) is 12.6 Å². The first-order chi connectivity index (χ1) is 7.29. The van der Waals surface area contributed by atoms with Crippen LogP contribution in [0.4, 0.5) is 0 Å². The third-order valence-electron chi connectivity index (χ3n) is 1.93. The summed E-state index contributed by atoms with van der Waals surface area (Å²) in [6, 6.07) is 0. The van der Waals surface area contributed by atoms with E-state index < -0.39 is 0 Å². The Bertz CT molecular complexity index is 236. The monoisotopic (exact) mass is 212 g/mol. The molecule has 0 atom stereocenters. The summed E-state index contributed by atoms with van der Waals surface area (Å²) in [5.41, 5.74) is 0. The molecule has 5 heteroatoms. The molecule has 86 valence electrons. The maximum atomic E-state index is 5.43. The molecule has 1 N–H and O–H groups in total. The van der Waals surface area contributed by atoms with Gasteiger partial charge in [0.25, 0.3) is 0 Å². The van der Waals surface area contributed by atoms with E-state index in [0.29, 0.717) is 6.10 Å². The maximum Gasteiger partial charge on any atom is 0.137 e. The molecule has 5 nitrogen and oxygen atoms in total. The summed E-state index contributed by atoms with van der Waals surface area (Å²) < 4.78 is 7.24. The van der Waals surface area contributed by atoms with Crippen LogP contribution in [-0.2, 0) is 11.3 Å². The van der Waals surface area contributed by atoms with E-state index in [1.54, 1.807) is 12.7 Å². The summed E-state index contributed by atoms with van der Waals surface area (Å²) in [5, 5.41) is 7.34. The molecule has 0 unspecified atom stereocenters. The van der Waals surface area contributed by atoms with Crippen molar-refractivity contribution in [2.24, 2.45) is 0 Å². The number of aromatic nitrogens is 3. The molecule has 0 fully saturated rings. The van der Waals surface area contributed by atoms with Crippen LogP contribution in [-0.4, -0.2) is 40.6 Å². The van der Waals surface area contributed by atoms with Crippen LogP contribution in [0.1, 0.15) is 20.3 Å². The van der Waals surface area contributed by atoms with E-state index in [1.165, 1.54) is 0 Å².